The van der Waals surface area contributed by atoms with Crippen LogP contribution in [0.4, 0.5) is 0 Å². The van der Waals surface area contributed by atoms with E-state index in [9.17, 15) is 25.2 Å². The van der Waals surface area contributed by atoms with Crippen LogP contribution in [0.5, 0.6) is 0 Å². The first-order valence-electron chi connectivity index (χ1n) is 16.7. The molecule has 4 aliphatic carbocycles. The van der Waals surface area contributed by atoms with Gasteiger partial charge in [0, 0.05) is 30.1 Å². The Kier molecular flexibility index (Phi) is 7.47. The number of ketones is 1. The molecule has 3 saturated heterocycles. The predicted molar refractivity (Wildman–Crippen MR) is 151 cm³/mol. The second-order valence-electron chi connectivity index (χ2n) is 15.8. The van der Waals surface area contributed by atoms with Crippen LogP contribution in [-0.4, -0.2) is 88.1 Å². The number of hydrogen-bond acceptors (Lipinski definition) is 9. The minimum Gasteiger partial charge on any atom is -0.394 e. The quantitative estimate of drug-likeness (QED) is 0.365. The highest BCUT2D eigenvalue weighted by Crippen LogP contribution is 2.70. The van der Waals surface area contributed by atoms with Crippen LogP contribution in [0.2, 0.25) is 0 Å². The van der Waals surface area contributed by atoms with E-state index in [-0.39, 0.29) is 34.9 Å². The van der Waals surface area contributed by atoms with Crippen LogP contribution in [0, 0.1) is 52.3 Å². The molecule has 42 heavy (non-hydrogen) atoms. The Hall–Kier alpha value is -0.650. The van der Waals surface area contributed by atoms with E-state index in [4.69, 9.17) is 18.9 Å². The van der Waals surface area contributed by atoms with Crippen molar-refractivity contribution in [3.05, 3.63) is 0 Å². The normalized spacial score (nSPS) is 59.2. The minimum atomic E-state index is -1.44. The lowest BCUT2D eigenvalue weighted by Crippen LogP contribution is -2.60. The van der Waals surface area contributed by atoms with E-state index in [0.29, 0.717) is 41.8 Å². The Morgan fingerprint density at radius 2 is 1.74 bits per heavy atom. The number of Topliss-reactive ketones (excluding diaryl/α,β-unsaturated/α-hetero) is 1. The lowest BCUT2D eigenvalue weighted by molar-refractivity contribution is -0.316. The number of rotatable bonds is 3. The largest absolute Gasteiger partial charge is 0.394 e. The van der Waals surface area contributed by atoms with Crippen molar-refractivity contribution in [1.29, 1.82) is 0 Å². The van der Waals surface area contributed by atoms with E-state index in [1.807, 2.05) is 0 Å². The number of aliphatic hydroxyl groups is 4. The van der Waals surface area contributed by atoms with Crippen molar-refractivity contribution < 1.29 is 44.2 Å². The summed E-state index contributed by atoms with van der Waals surface area (Å²) in [5.74, 6) is 2.52. The number of carbonyl (C=O) groups is 1. The maximum atomic E-state index is 14.3. The zero-order valence-corrected chi connectivity index (χ0v) is 25.7. The first-order valence-corrected chi connectivity index (χ1v) is 16.7. The molecule has 238 valence electrons. The molecule has 3 aliphatic heterocycles. The highest BCUT2D eigenvalue weighted by atomic mass is 16.7. The molecule has 7 rings (SSSR count). The summed E-state index contributed by atoms with van der Waals surface area (Å²) >= 11 is 0. The third-order valence-electron chi connectivity index (χ3n) is 13.9. The van der Waals surface area contributed by atoms with Gasteiger partial charge in [0.1, 0.15) is 30.2 Å². The smallest absolute Gasteiger partial charge is 0.186 e. The van der Waals surface area contributed by atoms with Crippen LogP contribution in [0.1, 0.15) is 85.5 Å². The first-order chi connectivity index (χ1) is 19.9. The van der Waals surface area contributed by atoms with Gasteiger partial charge in [-0.3, -0.25) is 4.79 Å². The molecule has 0 bridgehead atoms. The van der Waals surface area contributed by atoms with Crippen molar-refractivity contribution in [2.24, 2.45) is 52.3 Å². The Labute approximate surface area is 249 Å². The minimum absolute atomic E-state index is 0.0448. The summed E-state index contributed by atoms with van der Waals surface area (Å²) in [5, 5.41) is 40.4. The van der Waals surface area contributed by atoms with Crippen LogP contribution in [0.15, 0.2) is 0 Å². The van der Waals surface area contributed by atoms with Gasteiger partial charge in [-0.1, -0.05) is 27.7 Å². The van der Waals surface area contributed by atoms with Gasteiger partial charge in [0.05, 0.1) is 25.4 Å². The molecule has 3 heterocycles. The summed E-state index contributed by atoms with van der Waals surface area (Å²) in [4.78, 5) is 14.3. The molecule has 7 aliphatic rings. The molecule has 9 nitrogen and oxygen atoms in total. The van der Waals surface area contributed by atoms with Crippen molar-refractivity contribution in [1.82, 2.24) is 0 Å². The lowest BCUT2D eigenvalue weighted by Gasteiger charge is -2.60. The van der Waals surface area contributed by atoms with Crippen molar-refractivity contribution in [3.63, 3.8) is 0 Å². The van der Waals surface area contributed by atoms with Gasteiger partial charge in [-0.15, -0.1) is 0 Å². The molecule has 4 saturated carbocycles. The molecular weight excluding hydrogens is 540 g/mol. The molecule has 0 radical (unpaired) electrons. The van der Waals surface area contributed by atoms with Gasteiger partial charge in [0.15, 0.2) is 12.1 Å². The highest BCUT2D eigenvalue weighted by Gasteiger charge is 2.71. The summed E-state index contributed by atoms with van der Waals surface area (Å²) in [5.41, 5.74) is -0.309. The fourth-order valence-corrected chi connectivity index (χ4v) is 11.4. The van der Waals surface area contributed by atoms with E-state index in [0.717, 1.165) is 58.0 Å². The molecule has 1 spiro atoms. The molecule has 0 aromatic rings. The van der Waals surface area contributed by atoms with Gasteiger partial charge in [-0.25, -0.2) is 0 Å². The number of carbonyl (C=O) groups excluding carboxylic acids is 1. The molecule has 17 atom stereocenters. The standard InChI is InChI=1S/C33H52O9/c1-16-7-10-33(39-15-16)17(2)26-23(42-33)12-22-20-6-5-18-11-19(40-30-29(38)28(37)27(36)24(14-34)41-30)8-9-31(18,3)21(20)13-25(35)32(22,26)4/h16-24,26-30,34,36-38H,5-15H2,1-4H3/t16-,17+,18+,19+,20-,21+,22+,23+,24+,26+,27+,28+,29-,30+,31+,32-,33-/m1/s1. The first kappa shape index (κ1) is 30.0. The number of ether oxygens (including phenoxy) is 4. The molecule has 4 N–H and O–H groups in total. The zero-order valence-electron chi connectivity index (χ0n) is 25.7. The van der Waals surface area contributed by atoms with Crippen LogP contribution in [0.3, 0.4) is 0 Å². The number of fused-ring (bicyclic) bond motifs is 7. The van der Waals surface area contributed by atoms with E-state index in [2.05, 4.69) is 27.7 Å². The lowest BCUT2D eigenvalue weighted by atomic mass is 9.44. The van der Waals surface area contributed by atoms with Gasteiger partial charge >= 0.3 is 0 Å². The summed E-state index contributed by atoms with van der Waals surface area (Å²) in [6, 6.07) is 0. The van der Waals surface area contributed by atoms with Crippen molar-refractivity contribution >= 4 is 5.78 Å². The van der Waals surface area contributed by atoms with Crippen molar-refractivity contribution in [3.8, 4) is 0 Å². The van der Waals surface area contributed by atoms with Crippen molar-refractivity contribution in [2.75, 3.05) is 13.2 Å². The molecule has 0 amide bonds. The molecule has 7 fully saturated rings. The predicted octanol–water partition coefficient (Wildman–Crippen LogP) is 2.80. The monoisotopic (exact) mass is 592 g/mol. The van der Waals surface area contributed by atoms with Gasteiger partial charge in [0.25, 0.3) is 0 Å². The maximum Gasteiger partial charge on any atom is 0.186 e. The molecule has 0 aromatic heterocycles. The van der Waals surface area contributed by atoms with Gasteiger partial charge in [-0.2, -0.15) is 0 Å². The Morgan fingerprint density at radius 3 is 2.45 bits per heavy atom. The Morgan fingerprint density at radius 1 is 0.952 bits per heavy atom. The second kappa shape index (κ2) is 10.4. The molecular formula is C33H52O9. The second-order valence-corrected chi connectivity index (χ2v) is 15.8. The van der Waals surface area contributed by atoms with Gasteiger partial charge in [-0.05, 0) is 80.0 Å². The third-order valence-corrected chi connectivity index (χ3v) is 13.9. The Balaban J connectivity index is 1.05. The number of hydrogen-bond donors (Lipinski definition) is 4. The van der Waals surface area contributed by atoms with Crippen LogP contribution < -0.4 is 0 Å². The Bertz CT molecular complexity index is 1040. The summed E-state index contributed by atoms with van der Waals surface area (Å²) < 4.78 is 25.1. The van der Waals surface area contributed by atoms with Gasteiger partial charge in [0.2, 0.25) is 0 Å². The average Bonchev–Trinajstić information content (AvgIpc) is 3.42. The SMILES string of the molecule is C[C@@H]1CC[C@@]2(OC1)O[C@H]1C[C@H]3[C@@H]4CC[C@H]5C[C@@H](O[C@H]6O[C@@H](CO)[C@H](O)[C@H](O)[C@H]6O)CC[C@]5(C)[C@H]4CC(=O)[C@]3(C)[C@H]1[C@@H]2C. The highest BCUT2D eigenvalue weighted by molar-refractivity contribution is 5.87. The van der Waals surface area contributed by atoms with Crippen molar-refractivity contribution in [2.45, 2.75) is 134 Å². The van der Waals surface area contributed by atoms with E-state index < -0.39 is 43.1 Å². The number of aliphatic hydroxyl groups excluding tert-OH is 4. The zero-order chi connectivity index (χ0) is 29.8. The summed E-state index contributed by atoms with van der Waals surface area (Å²) in [6.45, 7) is 9.46. The maximum absolute atomic E-state index is 14.3. The van der Waals surface area contributed by atoms with Crippen LogP contribution >= 0.6 is 0 Å². The van der Waals surface area contributed by atoms with E-state index in [1.165, 1.54) is 0 Å². The van der Waals surface area contributed by atoms with Crippen LogP contribution in [-0.2, 0) is 23.7 Å². The van der Waals surface area contributed by atoms with E-state index in [1.54, 1.807) is 0 Å². The molecule has 0 unspecified atom stereocenters. The topological polar surface area (TPSA) is 135 Å². The molecule has 0 aromatic carbocycles. The third kappa shape index (κ3) is 4.20. The van der Waals surface area contributed by atoms with Gasteiger partial charge < -0.3 is 39.4 Å². The molecule has 9 heteroatoms. The fraction of sp³-hybridized carbons (Fsp3) is 0.970. The van der Waals surface area contributed by atoms with E-state index >= 15 is 0 Å². The fourth-order valence-electron chi connectivity index (χ4n) is 11.4. The average molecular weight is 593 g/mol. The summed E-state index contributed by atoms with van der Waals surface area (Å²) in [6.07, 6.45) is 2.04. The van der Waals surface area contributed by atoms with Crippen LogP contribution in [0.25, 0.3) is 0 Å². The summed E-state index contributed by atoms with van der Waals surface area (Å²) in [7, 11) is 0.